The molecular weight excluding hydrogens is 446 g/mol. The van der Waals surface area contributed by atoms with Gasteiger partial charge in [-0.1, -0.05) is 51.1 Å². The van der Waals surface area contributed by atoms with Gasteiger partial charge >= 0.3 is 5.97 Å². The molecule has 0 aliphatic carbocycles. The van der Waals surface area contributed by atoms with Crippen LogP contribution in [0.4, 0.5) is 5.69 Å². The summed E-state index contributed by atoms with van der Waals surface area (Å²) in [6, 6.07) is 12.9. The number of anilines is 1. The second-order valence-corrected chi connectivity index (χ2v) is 10.9. The molecule has 2 rings (SSSR count). The molecule has 0 spiro atoms. The molecule has 0 saturated heterocycles. The summed E-state index contributed by atoms with van der Waals surface area (Å²) in [6.45, 7) is 8.88. The maximum atomic E-state index is 12.3. The first-order valence-electron chi connectivity index (χ1n) is 10.1. The zero-order valence-corrected chi connectivity index (χ0v) is 20.9. The number of benzene rings is 2. The van der Waals surface area contributed by atoms with Crippen molar-refractivity contribution in [2.75, 3.05) is 18.1 Å². The molecule has 0 bridgehead atoms. The van der Waals surface area contributed by atoms with Crippen LogP contribution in [0.15, 0.2) is 42.5 Å². The van der Waals surface area contributed by atoms with Crippen molar-refractivity contribution in [2.45, 2.75) is 45.7 Å². The normalized spacial score (nSPS) is 12.7. The number of carbonyl (C=O) groups excluding carboxylic acids is 1. The van der Waals surface area contributed by atoms with Crippen LogP contribution in [0.5, 0.6) is 0 Å². The Morgan fingerprint density at radius 3 is 2.25 bits per heavy atom. The number of esters is 1. The summed E-state index contributed by atoms with van der Waals surface area (Å²) in [4.78, 5) is 14.1. The van der Waals surface area contributed by atoms with Crippen molar-refractivity contribution in [3.63, 3.8) is 0 Å². The Bertz CT molecular complexity index is 1090. The molecule has 174 valence electrons. The van der Waals surface area contributed by atoms with E-state index in [9.17, 15) is 13.2 Å². The molecule has 32 heavy (non-hydrogen) atoms. The number of sulfonamides is 1. The number of methoxy groups -OCH3 is 1. The van der Waals surface area contributed by atoms with Gasteiger partial charge in [0.1, 0.15) is 0 Å². The molecule has 0 aliphatic heterocycles. The monoisotopic (exact) mass is 477 g/mol. The molecule has 9 heteroatoms. The van der Waals surface area contributed by atoms with Crippen LogP contribution in [-0.2, 0) is 26.7 Å². The quantitative estimate of drug-likeness (QED) is 0.460. The lowest BCUT2D eigenvalue weighted by Crippen LogP contribution is -2.37. The number of nitrogens with two attached hydrogens (primary N) is 1. The molecule has 3 N–H and O–H groups in total. The highest BCUT2D eigenvalue weighted by atomic mass is 32.2. The number of rotatable bonds is 7. The molecule has 0 fully saturated rings. The highest BCUT2D eigenvalue weighted by Crippen LogP contribution is 2.28. The predicted molar refractivity (Wildman–Crippen MR) is 132 cm³/mol. The number of nitrogens with zero attached hydrogens (tertiary/aromatic N) is 1. The van der Waals surface area contributed by atoms with E-state index in [0.717, 1.165) is 17.4 Å². The summed E-state index contributed by atoms with van der Waals surface area (Å²) in [5.74, 6) is -0.648. The second-order valence-electron chi connectivity index (χ2n) is 8.76. The topological polar surface area (TPSA) is 102 Å². The predicted octanol–water partition coefficient (Wildman–Crippen LogP) is 3.95. The van der Waals surface area contributed by atoms with Gasteiger partial charge in [-0.3, -0.25) is 4.72 Å². The van der Waals surface area contributed by atoms with E-state index in [-0.39, 0.29) is 27.8 Å². The van der Waals surface area contributed by atoms with Gasteiger partial charge in [-0.25, -0.2) is 13.2 Å². The van der Waals surface area contributed by atoms with E-state index in [0.29, 0.717) is 6.54 Å². The molecule has 2 aromatic carbocycles. The molecule has 2 aromatic rings. The molecule has 0 aliphatic rings. The number of hydrogen-bond donors (Lipinski definition) is 2. The van der Waals surface area contributed by atoms with E-state index < -0.39 is 16.0 Å². The van der Waals surface area contributed by atoms with E-state index in [1.807, 2.05) is 11.8 Å². The Balaban J connectivity index is 2.37. The average Bonchev–Trinajstić information content (AvgIpc) is 2.69. The van der Waals surface area contributed by atoms with Crippen LogP contribution in [0.3, 0.4) is 0 Å². The minimum absolute atomic E-state index is 0.0563. The summed E-state index contributed by atoms with van der Waals surface area (Å²) < 4.78 is 30.5. The highest BCUT2D eigenvalue weighted by Gasteiger charge is 2.22. The van der Waals surface area contributed by atoms with Crippen LogP contribution >= 0.6 is 12.2 Å². The Morgan fingerprint density at radius 2 is 1.78 bits per heavy atom. The van der Waals surface area contributed by atoms with Gasteiger partial charge < -0.3 is 15.4 Å². The minimum atomic E-state index is -3.57. The number of carbonyl (C=O) groups is 1. The molecule has 0 heterocycles. The Hall–Kier alpha value is -2.65. The maximum Gasteiger partial charge on any atom is 0.340 e. The second kappa shape index (κ2) is 9.87. The van der Waals surface area contributed by atoms with Crippen molar-refractivity contribution in [1.29, 1.82) is 0 Å². The lowest BCUT2D eigenvalue weighted by Gasteiger charge is -2.31. The van der Waals surface area contributed by atoms with E-state index in [4.69, 9.17) is 22.7 Å². The third-order valence-electron chi connectivity index (χ3n) is 5.15. The third-order valence-corrected chi connectivity index (χ3v) is 5.98. The zero-order valence-electron chi connectivity index (χ0n) is 19.3. The third kappa shape index (κ3) is 6.67. The molecular formula is C23H31N3O4S2. The van der Waals surface area contributed by atoms with Gasteiger partial charge in [-0.2, -0.15) is 0 Å². The van der Waals surface area contributed by atoms with Gasteiger partial charge in [-0.05, 0) is 53.4 Å². The van der Waals surface area contributed by atoms with Gasteiger partial charge in [0, 0.05) is 6.54 Å². The van der Waals surface area contributed by atoms with Crippen molar-refractivity contribution < 1.29 is 17.9 Å². The van der Waals surface area contributed by atoms with Gasteiger partial charge in [-0.15, -0.1) is 0 Å². The van der Waals surface area contributed by atoms with Crippen LogP contribution in [0, 0.1) is 0 Å². The fraction of sp³-hybridized carbons (Fsp3) is 0.391. The van der Waals surface area contributed by atoms with E-state index >= 15 is 0 Å². The molecule has 0 radical (unpaired) electrons. The Morgan fingerprint density at radius 1 is 1.19 bits per heavy atom. The van der Waals surface area contributed by atoms with Crippen molar-refractivity contribution in [1.82, 2.24) is 4.90 Å². The SMILES string of the molecule is COC(=O)c1cc(C(C)N(Cc2ccc(C(C)(C)C)cc2)C(N)=S)ccc1NS(C)(=O)=O. The summed E-state index contributed by atoms with van der Waals surface area (Å²) in [5, 5.41) is 0.218. The summed E-state index contributed by atoms with van der Waals surface area (Å²) in [7, 11) is -2.33. The van der Waals surface area contributed by atoms with E-state index in [2.05, 4.69) is 49.8 Å². The zero-order chi connectivity index (χ0) is 24.3. The van der Waals surface area contributed by atoms with Gasteiger partial charge in [0.15, 0.2) is 5.11 Å². The first-order chi connectivity index (χ1) is 14.7. The minimum Gasteiger partial charge on any atom is -0.465 e. The number of ether oxygens (including phenoxy) is 1. The molecule has 0 amide bonds. The summed E-state index contributed by atoms with van der Waals surface area (Å²) >= 11 is 5.30. The van der Waals surface area contributed by atoms with Crippen molar-refractivity contribution in [3.8, 4) is 0 Å². The summed E-state index contributed by atoms with van der Waals surface area (Å²) in [6.07, 6.45) is 1.02. The van der Waals surface area contributed by atoms with E-state index in [1.54, 1.807) is 12.1 Å². The molecule has 1 atom stereocenters. The van der Waals surface area contributed by atoms with Crippen molar-refractivity contribution >= 4 is 39.0 Å². The first-order valence-corrected chi connectivity index (χ1v) is 12.4. The molecule has 1 unspecified atom stereocenters. The van der Waals surface area contributed by atoms with E-state index in [1.165, 1.54) is 18.7 Å². The first kappa shape index (κ1) is 25.6. The standard InChI is InChI=1S/C23H31N3O4S2/c1-15(17-9-12-20(25-32(6,28)29)19(13-17)21(27)30-5)26(22(24)31)14-16-7-10-18(11-8-16)23(2,3)4/h7-13,15,25H,14H2,1-6H3,(H2,24,31). The Labute approximate surface area is 196 Å². The van der Waals surface area contributed by atoms with Gasteiger partial charge in [0.2, 0.25) is 10.0 Å². The lowest BCUT2D eigenvalue weighted by molar-refractivity contribution is 0.0601. The molecule has 0 saturated carbocycles. The van der Waals surface area contributed by atoms with Crippen LogP contribution < -0.4 is 10.5 Å². The molecule has 0 aromatic heterocycles. The fourth-order valence-corrected chi connectivity index (χ4v) is 4.08. The maximum absolute atomic E-state index is 12.3. The largest absolute Gasteiger partial charge is 0.465 e. The number of nitrogens with one attached hydrogen (secondary N) is 1. The Kier molecular flexibility index (Phi) is 7.90. The smallest absolute Gasteiger partial charge is 0.340 e. The summed E-state index contributed by atoms with van der Waals surface area (Å²) in [5.41, 5.74) is 9.36. The van der Waals surface area contributed by atoms with Crippen molar-refractivity contribution in [2.24, 2.45) is 5.73 Å². The van der Waals surface area contributed by atoms with Crippen molar-refractivity contribution in [3.05, 3.63) is 64.7 Å². The van der Waals surface area contributed by atoms with Crippen LogP contribution in [0.1, 0.15) is 60.8 Å². The average molecular weight is 478 g/mol. The number of hydrogen-bond acceptors (Lipinski definition) is 5. The fourth-order valence-electron chi connectivity index (χ4n) is 3.28. The van der Waals surface area contributed by atoms with Crippen LogP contribution in [0.2, 0.25) is 0 Å². The van der Waals surface area contributed by atoms with Gasteiger partial charge in [0.25, 0.3) is 0 Å². The van der Waals surface area contributed by atoms with Crippen LogP contribution in [-0.4, -0.2) is 37.8 Å². The van der Waals surface area contributed by atoms with Crippen LogP contribution in [0.25, 0.3) is 0 Å². The van der Waals surface area contributed by atoms with Gasteiger partial charge in [0.05, 0.1) is 30.7 Å². The molecule has 7 nitrogen and oxygen atoms in total. The lowest BCUT2D eigenvalue weighted by atomic mass is 9.86. The highest BCUT2D eigenvalue weighted by molar-refractivity contribution is 7.92. The number of thiocarbonyl (C=S) groups is 1.